The summed E-state index contributed by atoms with van der Waals surface area (Å²) in [5, 5.41) is 0. The van der Waals surface area contributed by atoms with E-state index in [0.29, 0.717) is 17.7 Å². The van der Waals surface area contributed by atoms with Gasteiger partial charge in [-0.2, -0.15) is 0 Å². The SMILES string of the molecule is Cc1cncn1CC(C)(C)CC(C)(C)CN1C(=O)c2ccccc2C1=O. The van der Waals surface area contributed by atoms with E-state index in [2.05, 4.69) is 37.2 Å². The van der Waals surface area contributed by atoms with Gasteiger partial charge in [0.2, 0.25) is 0 Å². The highest BCUT2D eigenvalue weighted by atomic mass is 16.2. The van der Waals surface area contributed by atoms with Crippen molar-refractivity contribution < 1.29 is 9.59 Å². The highest BCUT2D eigenvalue weighted by Crippen LogP contribution is 2.37. The van der Waals surface area contributed by atoms with Crippen molar-refractivity contribution in [2.24, 2.45) is 10.8 Å². The van der Waals surface area contributed by atoms with Crippen LogP contribution < -0.4 is 0 Å². The molecule has 1 aliphatic heterocycles. The third-order valence-corrected chi connectivity index (χ3v) is 4.94. The quantitative estimate of drug-likeness (QED) is 0.739. The average Bonchev–Trinajstić information content (AvgIpc) is 3.03. The van der Waals surface area contributed by atoms with Crippen LogP contribution in [0.3, 0.4) is 0 Å². The molecule has 1 aromatic carbocycles. The van der Waals surface area contributed by atoms with E-state index in [1.807, 2.05) is 19.4 Å². The first-order valence-electron chi connectivity index (χ1n) is 9.02. The topological polar surface area (TPSA) is 55.2 Å². The van der Waals surface area contributed by atoms with Gasteiger partial charge in [-0.1, -0.05) is 39.8 Å². The fourth-order valence-electron chi connectivity index (χ4n) is 4.23. The van der Waals surface area contributed by atoms with Crippen LogP contribution in [-0.4, -0.2) is 32.8 Å². The van der Waals surface area contributed by atoms with Crippen LogP contribution in [0.15, 0.2) is 36.8 Å². The lowest BCUT2D eigenvalue weighted by molar-refractivity contribution is 0.0538. The second kappa shape index (κ2) is 6.38. The first kappa shape index (κ1) is 18.4. The van der Waals surface area contributed by atoms with Crippen LogP contribution in [0.2, 0.25) is 0 Å². The van der Waals surface area contributed by atoms with Crippen LogP contribution in [0.1, 0.15) is 60.5 Å². The number of carbonyl (C=O) groups excluding carboxylic acids is 2. The highest BCUT2D eigenvalue weighted by Gasteiger charge is 2.40. The van der Waals surface area contributed by atoms with Crippen molar-refractivity contribution in [3.05, 3.63) is 53.6 Å². The van der Waals surface area contributed by atoms with Crippen molar-refractivity contribution >= 4 is 11.8 Å². The Bertz CT molecular complexity index is 813. The maximum Gasteiger partial charge on any atom is 0.261 e. The van der Waals surface area contributed by atoms with E-state index in [1.54, 1.807) is 24.3 Å². The molecule has 0 atom stereocenters. The summed E-state index contributed by atoms with van der Waals surface area (Å²) in [5.41, 5.74) is 1.98. The van der Waals surface area contributed by atoms with Crippen LogP contribution in [0.4, 0.5) is 0 Å². The largest absolute Gasteiger partial charge is 0.334 e. The molecular weight excluding hydrogens is 326 g/mol. The molecule has 1 aliphatic rings. The van der Waals surface area contributed by atoms with Crippen LogP contribution in [0.25, 0.3) is 0 Å². The number of aromatic nitrogens is 2. The van der Waals surface area contributed by atoms with Crippen molar-refractivity contribution in [2.75, 3.05) is 6.54 Å². The summed E-state index contributed by atoms with van der Waals surface area (Å²) in [6.45, 7) is 12.0. The number of fused-ring (bicyclic) bond motifs is 1. The van der Waals surface area contributed by atoms with Gasteiger partial charge in [0.05, 0.1) is 17.5 Å². The molecule has 0 saturated carbocycles. The molecular formula is C21H27N3O2. The summed E-state index contributed by atoms with van der Waals surface area (Å²) in [5.74, 6) is -0.358. The monoisotopic (exact) mass is 353 g/mol. The molecule has 2 aromatic rings. The van der Waals surface area contributed by atoms with Gasteiger partial charge >= 0.3 is 0 Å². The van der Waals surface area contributed by atoms with Crippen LogP contribution in [-0.2, 0) is 6.54 Å². The summed E-state index contributed by atoms with van der Waals surface area (Å²) in [6.07, 6.45) is 4.60. The van der Waals surface area contributed by atoms with E-state index < -0.39 is 0 Å². The van der Waals surface area contributed by atoms with Gasteiger partial charge in [0, 0.05) is 25.0 Å². The lowest BCUT2D eigenvalue weighted by Crippen LogP contribution is -2.40. The minimum absolute atomic E-state index is 0.00757. The zero-order valence-corrected chi connectivity index (χ0v) is 16.2. The minimum Gasteiger partial charge on any atom is -0.334 e. The summed E-state index contributed by atoms with van der Waals surface area (Å²) >= 11 is 0. The van der Waals surface area contributed by atoms with E-state index in [-0.39, 0.29) is 22.6 Å². The molecule has 138 valence electrons. The van der Waals surface area contributed by atoms with E-state index in [0.717, 1.165) is 18.7 Å². The molecule has 0 aliphatic carbocycles. The fraction of sp³-hybridized carbons (Fsp3) is 0.476. The van der Waals surface area contributed by atoms with Crippen LogP contribution >= 0.6 is 0 Å². The molecule has 0 bridgehead atoms. The molecule has 0 N–H and O–H groups in total. The maximum atomic E-state index is 12.6. The molecule has 1 aromatic heterocycles. The second-order valence-electron chi connectivity index (χ2n) is 8.91. The minimum atomic E-state index is -0.189. The van der Waals surface area contributed by atoms with Gasteiger partial charge in [0.1, 0.15) is 0 Å². The molecule has 3 rings (SSSR count). The number of benzene rings is 1. The van der Waals surface area contributed by atoms with Crippen LogP contribution in [0.5, 0.6) is 0 Å². The summed E-state index contributed by atoms with van der Waals surface area (Å²) in [6, 6.07) is 7.06. The normalized spacial score (nSPS) is 14.9. The number of carbonyl (C=O) groups is 2. The molecule has 0 radical (unpaired) electrons. The Kier molecular flexibility index (Phi) is 4.51. The zero-order chi connectivity index (χ0) is 19.1. The van der Waals surface area contributed by atoms with Gasteiger partial charge in [-0.3, -0.25) is 14.5 Å². The Morgan fingerprint density at radius 2 is 1.46 bits per heavy atom. The standard InChI is InChI=1S/C21H27N3O2/c1-15-10-22-14-23(15)12-20(2,3)11-21(4,5)13-24-18(25)16-8-6-7-9-17(16)19(24)26/h6-10,14H,11-13H2,1-5H3. The number of aryl methyl sites for hydroxylation is 1. The van der Waals surface area contributed by atoms with E-state index in [4.69, 9.17) is 0 Å². The molecule has 2 amide bonds. The van der Waals surface area contributed by atoms with Gasteiger partial charge < -0.3 is 4.57 Å². The molecule has 0 fully saturated rings. The lowest BCUT2D eigenvalue weighted by Gasteiger charge is -2.37. The number of nitrogens with zero attached hydrogens (tertiary/aromatic N) is 3. The van der Waals surface area contributed by atoms with Crippen molar-refractivity contribution in [3.8, 4) is 0 Å². The number of amides is 2. The number of rotatable bonds is 6. The molecule has 0 spiro atoms. The Balaban J connectivity index is 1.72. The Hall–Kier alpha value is -2.43. The summed E-state index contributed by atoms with van der Waals surface area (Å²) < 4.78 is 2.15. The zero-order valence-electron chi connectivity index (χ0n) is 16.2. The lowest BCUT2D eigenvalue weighted by atomic mass is 9.74. The predicted molar refractivity (Wildman–Crippen MR) is 101 cm³/mol. The van der Waals surface area contributed by atoms with Crippen molar-refractivity contribution in [3.63, 3.8) is 0 Å². The fourth-order valence-corrected chi connectivity index (χ4v) is 4.23. The van der Waals surface area contributed by atoms with Gasteiger partial charge in [-0.25, -0.2) is 4.98 Å². The molecule has 0 saturated heterocycles. The Morgan fingerprint density at radius 1 is 0.923 bits per heavy atom. The predicted octanol–water partition coefficient (Wildman–Crippen LogP) is 3.93. The molecule has 5 heteroatoms. The molecule has 26 heavy (non-hydrogen) atoms. The molecule has 0 unspecified atom stereocenters. The van der Waals surface area contributed by atoms with Gasteiger partial charge in [0.15, 0.2) is 0 Å². The maximum absolute atomic E-state index is 12.6. The summed E-state index contributed by atoms with van der Waals surface area (Å²) in [7, 11) is 0. The number of hydrogen-bond acceptors (Lipinski definition) is 3. The average molecular weight is 353 g/mol. The third-order valence-electron chi connectivity index (χ3n) is 4.94. The third kappa shape index (κ3) is 3.57. The second-order valence-corrected chi connectivity index (χ2v) is 8.91. The number of imide groups is 1. The Labute approximate surface area is 155 Å². The van der Waals surface area contributed by atoms with Gasteiger partial charge in [-0.15, -0.1) is 0 Å². The smallest absolute Gasteiger partial charge is 0.261 e. The first-order valence-corrected chi connectivity index (χ1v) is 9.02. The molecule has 5 nitrogen and oxygen atoms in total. The molecule has 2 heterocycles. The van der Waals surface area contributed by atoms with Gasteiger partial charge in [0.25, 0.3) is 11.8 Å². The summed E-state index contributed by atoms with van der Waals surface area (Å²) in [4.78, 5) is 30.9. The van der Waals surface area contributed by atoms with E-state index in [1.165, 1.54) is 4.90 Å². The van der Waals surface area contributed by atoms with Crippen LogP contribution in [0, 0.1) is 17.8 Å². The Morgan fingerprint density at radius 3 is 1.96 bits per heavy atom. The first-order chi connectivity index (χ1) is 12.1. The van der Waals surface area contributed by atoms with E-state index in [9.17, 15) is 9.59 Å². The number of imidazole rings is 1. The van der Waals surface area contributed by atoms with Crippen molar-refractivity contribution in [2.45, 2.75) is 47.6 Å². The van der Waals surface area contributed by atoms with Gasteiger partial charge in [-0.05, 0) is 36.3 Å². The van der Waals surface area contributed by atoms with Crippen molar-refractivity contribution in [1.29, 1.82) is 0 Å². The number of hydrogen-bond donors (Lipinski definition) is 0. The highest BCUT2D eigenvalue weighted by molar-refractivity contribution is 6.21. The van der Waals surface area contributed by atoms with Crippen molar-refractivity contribution in [1.82, 2.24) is 14.5 Å². The van der Waals surface area contributed by atoms with E-state index >= 15 is 0 Å².